The second-order valence-electron chi connectivity index (χ2n) is 2.40. The topological polar surface area (TPSA) is 26.3 Å². The van der Waals surface area contributed by atoms with Crippen molar-refractivity contribution in [3.63, 3.8) is 0 Å². The molecule has 3 heteroatoms. The molecule has 1 saturated heterocycles. The number of rotatable bonds is 0. The molecular formula is C5H10O2Si. The Labute approximate surface area is 51.6 Å². The van der Waals surface area contributed by atoms with E-state index in [4.69, 9.17) is 4.74 Å². The molecule has 2 atom stereocenters. The largest absolute Gasteiger partial charge is 0.465 e. The fourth-order valence-electron chi connectivity index (χ4n) is 0.722. The Kier molecular flexibility index (Phi) is 1.38. The van der Waals surface area contributed by atoms with E-state index in [2.05, 4.69) is 0 Å². The van der Waals surface area contributed by atoms with E-state index in [1.165, 1.54) is 0 Å². The second kappa shape index (κ2) is 1.89. The van der Waals surface area contributed by atoms with Gasteiger partial charge in [0.1, 0.15) is 0 Å². The first-order valence-corrected chi connectivity index (χ1v) is 4.04. The Morgan fingerprint density at radius 2 is 2.50 bits per heavy atom. The molecule has 1 fully saturated rings. The van der Waals surface area contributed by atoms with E-state index in [9.17, 15) is 4.79 Å². The minimum atomic E-state index is -0.00926. The normalized spacial score (nSPS) is 37.9. The zero-order valence-corrected chi connectivity index (χ0v) is 7.18. The predicted octanol–water partition coefficient (Wildman–Crippen LogP) is -0.667. The van der Waals surface area contributed by atoms with Crippen LogP contribution in [0.1, 0.15) is 6.92 Å². The van der Waals surface area contributed by atoms with Crippen LogP contribution in [0.5, 0.6) is 0 Å². The molecular weight excluding hydrogens is 120 g/mol. The van der Waals surface area contributed by atoms with Gasteiger partial charge in [-0.2, -0.15) is 0 Å². The standard InChI is InChI=1S/C5H10O2Si/c1-3-4(8)2-7-5(3)6/h3-4H,2H2,1,8H3. The summed E-state index contributed by atoms with van der Waals surface area (Å²) in [5, 5.41) is 0. The van der Waals surface area contributed by atoms with Crippen LogP contribution in [0.25, 0.3) is 0 Å². The summed E-state index contributed by atoms with van der Waals surface area (Å²) in [6.45, 7) is 2.61. The zero-order valence-electron chi connectivity index (χ0n) is 5.18. The van der Waals surface area contributed by atoms with Gasteiger partial charge in [-0.1, -0.05) is 6.92 Å². The first-order valence-electron chi connectivity index (χ1n) is 2.88. The van der Waals surface area contributed by atoms with Gasteiger partial charge in [0.15, 0.2) is 0 Å². The molecule has 0 saturated carbocycles. The van der Waals surface area contributed by atoms with Crippen LogP contribution in [0.3, 0.4) is 0 Å². The van der Waals surface area contributed by atoms with Gasteiger partial charge in [-0.25, -0.2) is 0 Å². The van der Waals surface area contributed by atoms with Crippen molar-refractivity contribution >= 4 is 16.2 Å². The summed E-state index contributed by atoms with van der Waals surface area (Å²) in [5.74, 6) is 0.173. The Bertz CT molecular complexity index is 113. The van der Waals surface area contributed by atoms with Gasteiger partial charge in [0, 0.05) is 10.2 Å². The van der Waals surface area contributed by atoms with Crippen LogP contribution in [-0.2, 0) is 9.53 Å². The quantitative estimate of drug-likeness (QED) is 0.321. The van der Waals surface area contributed by atoms with Gasteiger partial charge < -0.3 is 4.74 Å². The number of carbonyl (C=O) groups is 1. The van der Waals surface area contributed by atoms with Gasteiger partial charge in [0.2, 0.25) is 0 Å². The molecule has 0 amide bonds. The average molecular weight is 130 g/mol. The zero-order chi connectivity index (χ0) is 6.15. The predicted molar refractivity (Wildman–Crippen MR) is 33.8 cm³/mol. The molecule has 0 aromatic rings. The summed E-state index contributed by atoms with van der Waals surface area (Å²) in [4.78, 5) is 10.6. The van der Waals surface area contributed by atoms with Gasteiger partial charge in [-0.05, 0) is 5.54 Å². The molecule has 0 aromatic carbocycles. The Hall–Kier alpha value is -0.313. The van der Waals surface area contributed by atoms with Crippen molar-refractivity contribution in [2.45, 2.75) is 12.5 Å². The van der Waals surface area contributed by atoms with Crippen molar-refractivity contribution in [2.24, 2.45) is 5.92 Å². The Balaban J connectivity index is 2.56. The third-order valence-corrected chi connectivity index (χ3v) is 3.05. The highest BCUT2D eigenvalue weighted by atomic mass is 28.1. The summed E-state index contributed by atoms with van der Waals surface area (Å²) in [5.41, 5.74) is 0.558. The van der Waals surface area contributed by atoms with Crippen LogP contribution in [0.15, 0.2) is 0 Å². The van der Waals surface area contributed by atoms with E-state index in [0.717, 1.165) is 10.2 Å². The minimum Gasteiger partial charge on any atom is -0.465 e. The van der Waals surface area contributed by atoms with Crippen LogP contribution < -0.4 is 0 Å². The summed E-state index contributed by atoms with van der Waals surface area (Å²) < 4.78 is 4.77. The third kappa shape index (κ3) is 0.776. The number of cyclic esters (lactones) is 1. The van der Waals surface area contributed by atoms with Crippen molar-refractivity contribution in [1.29, 1.82) is 0 Å². The van der Waals surface area contributed by atoms with E-state index in [1.807, 2.05) is 6.92 Å². The molecule has 1 rings (SSSR count). The molecule has 2 unspecified atom stereocenters. The molecule has 1 heterocycles. The van der Waals surface area contributed by atoms with E-state index in [1.54, 1.807) is 0 Å². The molecule has 2 nitrogen and oxygen atoms in total. The number of carbonyl (C=O) groups excluding carboxylic acids is 1. The van der Waals surface area contributed by atoms with Crippen LogP contribution in [0.4, 0.5) is 0 Å². The fraction of sp³-hybridized carbons (Fsp3) is 0.800. The maximum atomic E-state index is 10.6. The van der Waals surface area contributed by atoms with Gasteiger partial charge in [0.05, 0.1) is 12.5 Å². The maximum Gasteiger partial charge on any atom is 0.308 e. The van der Waals surface area contributed by atoms with Crippen molar-refractivity contribution in [1.82, 2.24) is 0 Å². The van der Waals surface area contributed by atoms with E-state index >= 15 is 0 Å². The smallest absolute Gasteiger partial charge is 0.308 e. The van der Waals surface area contributed by atoms with Gasteiger partial charge in [-0.15, -0.1) is 0 Å². The lowest BCUT2D eigenvalue weighted by atomic mass is 10.1. The number of ether oxygens (including phenoxy) is 1. The molecule has 46 valence electrons. The summed E-state index contributed by atoms with van der Waals surface area (Å²) in [6, 6.07) is 0. The van der Waals surface area contributed by atoms with Crippen LogP contribution >= 0.6 is 0 Å². The Morgan fingerprint density at radius 1 is 1.88 bits per heavy atom. The van der Waals surface area contributed by atoms with E-state index < -0.39 is 0 Å². The van der Waals surface area contributed by atoms with Gasteiger partial charge in [-0.3, -0.25) is 4.79 Å². The maximum absolute atomic E-state index is 10.6. The lowest BCUT2D eigenvalue weighted by Gasteiger charge is -1.98. The molecule has 0 spiro atoms. The highest BCUT2D eigenvalue weighted by molar-refractivity contribution is 6.14. The van der Waals surface area contributed by atoms with E-state index in [-0.39, 0.29) is 11.9 Å². The van der Waals surface area contributed by atoms with Crippen LogP contribution in [0.2, 0.25) is 5.54 Å². The SMILES string of the molecule is CC1C(=O)OCC1[SiH3]. The third-order valence-electron chi connectivity index (χ3n) is 1.71. The molecule has 0 aromatic heterocycles. The first-order chi connectivity index (χ1) is 3.72. The molecule has 0 bridgehead atoms. The van der Waals surface area contributed by atoms with Gasteiger partial charge >= 0.3 is 5.97 Å². The van der Waals surface area contributed by atoms with Gasteiger partial charge in [0.25, 0.3) is 0 Å². The number of esters is 1. The monoisotopic (exact) mass is 130 g/mol. The van der Waals surface area contributed by atoms with Crippen LogP contribution in [-0.4, -0.2) is 22.8 Å². The summed E-state index contributed by atoms with van der Waals surface area (Å²) in [6.07, 6.45) is 0. The summed E-state index contributed by atoms with van der Waals surface area (Å²) in [7, 11) is 1.08. The van der Waals surface area contributed by atoms with E-state index in [0.29, 0.717) is 12.1 Å². The lowest BCUT2D eigenvalue weighted by Crippen LogP contribution is -2.06. The molecule has 0 aliphatic carbocycles. The molecule has 8 heavy (non-hydrogen) atoms. The number of hydrogen-bond acceptors (Lipinski definition) is 2. The fourth-order valence-corrected chi connectivity index (χ4v) is 1.16. The number of hydrogen-bond donors (Lipinski definition) is 0. The molecule has 1 aliphatic rings. The van der Waals surface area contributed by atoms with Crippen LogP contribution in [0, 0.1) is 5.92 Å². The minimum absolute atomic E-state index is 0.00926. The Morgan fingerprint density at radius 3 is 2.62 bits per heavy atom. The average Bonchev–Trinajstić information content (AvgIpc) is 1.98. The van der Waals surface area contributed by atoms with Crippen molar-refractivity contribution in [3.05, 3.63) is 0 Å². The lowest BCUT2D eigenvalue weighted by molar-refractivity contribution is -0.140. The highest BCUT2D eigenvalue weighted by Crippen LogP contribution is 2.22. The second-order valence-corrected chi connectivity index (χ2v) is 3.88. The molecule has 0 N–H and O–H groups in total. The summed E-state index contributed by atoms with van der Waals surface area (Å²) >= 11 is 0. The first kappa shape index (κ1) is 5.82. The van der Waals surface area contributed by atoms with Crippen molar-refractivity contribution in [2.75, 3.05) is 6.61 Å². The highest BCUT2D eigenvalue weighted by Gasteiger charge is 2.28. The van der Waals surface area contributed by atoms with Crippen molar-refractivity contribution in [3.8, 4) is 0 Å². The molecule has 0 radical (unpaired) electrons. The van der Waals surface area contributed by atoms with Crippen molar-refractivity contribution < 1.29 is 9.53 Å². The molecule has 1 aliphatic heterocycles.